The fourth-order valence-corrected chi connectivity index (χ4v) is 9.02. The van der Waals surface area contributed by atoms with Crippen LogP contribution in [0.4, 0.5) is 0 Å². The van der Waals surface area contributed by atoms with E-state index in [1.165, 1.54) is 0 Å². The number of rotatable bonds is 11. The first kappa shape index (κ1) is 43.7. The SMILES string of the molecule is CC(C)(C)COS(=O)(=O)c1cc(Cl)cc(S(=O)(=O)[O-])c1-c1c(S(=O)(=O)OCC(C)(C)C)cc(Cl)cc1S(=O)(=O)OCC(C)(C)C.[Na+]. The maximum Gasteiger partial charge on any atom is 1.00 e. The molecule has 0 aromatic heterocycles. The maximum absolute atomic E-state index is 13.7. The maximum atomic E-state index is 13.7. The molecule has 0 unspecified atom stereocenters. The Morgan fingerprint density at radius 3 is 0.957 bits per heavy atom. The normalized spacial score (nSPS) is 13.8. The summed E-state index contributed by atoms with van der Waals surface area (Å²) in [7, 11) is -20.9. The predicted molar refractivity (Wildman–Crippen MR) is 168 cm³/mol. The summed E-state index contributed by atoms with van der Waals surface area (Å²) < 4.78 is 136. The Balaban J connectivity index is 0.0000106. The zero-order valence-electron chi connectivity index (χ0n) is 27.2. The van der Waals surface area contributed by atoms with Crippen LogP contribution in [0.25, 0.3) is 11.1 Å². The molecule has 0 saturated heterocycles. The summed E-state index contributed by atoms with van der Waals surface area (Å²) in [4.78, 5) is -4.57. The van der Waals surface area contributed by atoms with Gasteiger partial charge in [-0.1, -0.05) is 85.5 Å². The zero-order valence-corrected chi connectivity index (χ0v) is 34.0. The van der Waals surface area contributed by atoms with E-state index in [4.69, 9.17) is 35.8 Å². The first-order valence-corrected chi connectivity index (χ1v) is 19.6. The van der Waals surface area contributed by atoms with E-state index in [2.05, 4.69) is 0 Å². The molecule has 0 aliphatic heterocycles. The summed E-state index contributed by atoms with van der Waals surface area (Å²) >= 11 is 12.3. The van der Waals surface area contributed by atoms with Crippen molar-refractivity contribution in [2.75, 3.05) is 19.8 Å². The molecule has 0 saturated carbocycles. The van der Waals surface area contributed by atoms with Gasteiger partial charge in [-0.2, -0.15) is 25.3 Å². The number of hydrogen-bond acceptors (Lipinski definition) is 12. The first-order chi connectivity index (χ1) is 19.9. The van der Waals surface area contributed by atoms with E-state index in [0.717, 1.165) is 12.1 Å². The fourth-order valence-electron chi connectivity index (χ4n) is 3.35. The minimum Gasteiger partial charge on any atom is -0.744 e. The third-order valence-corrected chi connectivity index (χ3v) is 10.5. The summed E-state index contributed by atoms with van der Waals surface area (Å²) in [6.45, 7) is 13.3. The van der Waals surface area contributed by atoms with Crippen molar-refractivity contribution in [2.45, 2.75) is 81.9 Å². The van der Waals surface area contributed by atoms with E-state index in [0.29, 0.717) is 12.1 Å². The van der Waals surface area contributed by atoms with Gasteiger partial charge in [-0.25, -0.2) is 8.42 Å². The van der Waals surface area contributed by atoms with Crippen molar-refractivity contribution in [1.29, 1.82) is 0 Å². The van der Waals surface area contributed by atoms with Gasteiger partial charge in [-0.15, -0.1) is 0 Å². The third kappa shape index (κ3) is 12.2. The van der Waals surface area contributed by atoms with E-state index >= 15 is 0 Å². The summed E-state index contributed by atoms with van der Waals surface area (Å²) in [6.07, 6.45) is 0. The zero-order chi connectivity index (χ0) is 35.2. The van der Waals surface area contributed by atoms with E-state index in [1.54, 1.807) is 62.3 Å². The van der Waals surface area contributed by atoms with Gasteiger partial charge in [-0.3, -0.25) is 12.5 Å². The van der Waals surface area contributed by atoms with Crippen LogP contribution >= 0.6 is 23.2 Å². The van der Waals surface area contributed by atoms with Gasteiger partial charge in [0.1, 0.15) is 24.8 Å². The van der Waals surface area contributed by atoms with Gasteiger partial charge < -0.3 is 4.55 Å². The Bertz CT molecular complexity index is 1820. The molecular weight excluding hydrogens is 738 g/mol. The van der Waals surface area contributed by atoms with Crippen molar-refractivity contribution >= 4 is 63.7 Å². The quantitative estimate of drug-likeness (QED) is 0.185. The Hall–Kier alpha value is -0.340. The molecule has 0 N–H and O–H groups in total. The van der Waals surface area contributed by atoms with Crippen LogP contribution in [0.2, 0.25) is 10.0 Å². The van der Waals surface area contributed by atoms with Gasteiger partial charge in [0.25, 0.3) is 30.4 Å². The van der Waals surface area contributed by atoms with Crippen LogP contribution in [0, 0.1) is 16.2 Å². The van der Waals surface area contributed by atoms with Crippen molar-refractivity contribution in [3.05, 3.63) is 34.3 Å². The van der Waals surface area contributed by atoms with E-state index in [1.807, 2.05) is 0 Å². The minimum absolute atomic E-state index is 0. The monoisotopic (exact) mass is 774 g/mol. The summed E-state index contributed by atoms with van der Waals surface area (Å²) in [5, 5.41) is -1.05. The Morgan fingerprint density at radius 2 is 0.739 bits per heavy atom. The number of hydrogen-bond donors (Lipinski definition) is 0. The van der Waals surface area contributed by atoms with Crippen molar-refractivity contribution < 1.29 is 80.3 Å². The summed E-state index contributed by atoms with van der Waals surface area (Å²) in [5.74, 6) is 0. The molecule has 0 spiro atoms. The Morgan fingerprint density at radius 1 is 0.522 bits per heavy atom. The van der Waals surface area contributed by atoms with E-state index in [-0.39, 0.29) is 29.6 Å². The van der Waals surface area contributed by atoms with Crippen LogP contribution in [0.5, 0.6) is 0 Å². The molecular formula is C27H37Cl2NaO12S4. The molecule has 0 radical (unpaired) electrons. The van der Waals surface area contributed by atoms with Crippen LogP contribution in [0.3, 0.4) is 0 Å². The summed E-state index contributed by atoms with van der Waals surface area (Å²) in [5.41, 5.74) is -4.47. The molecule has 2 aromatic rings. The van der Waals surface area contributed by atoms with Crippen molar-refractivity contribution in [3.8, 4) is 11.1 Å². The molecule has 2 aromatic carbocycles. The fraction of sp³-hybridized carbons (Fsp3) is 0.556. The molecule has 19 heteroatoms. The second-order valence-corrected chi connectivity index (χ2v) is 20.8. The largest absolute Gasteiger partial charge is 1.00 e. The van der Waals surface area contributed by atoms with Gasteiger partial charge in [-0.05, 0) is 40.5 Å². The number of benzene rings is 2. The van der Waals surface area contributed by atoms with Crippen LogP contribution < -0.4 is 29.6 Å². The van der Waals surface area contributed by atoms with Crippen LogP contribution in [-0.2, 0) is 53.0 Å². The van der Waals surface area contributed by atoms with Gasteiger partial charge in [0, 0.05) is 21.2 Å². The van der Waals surface area contributed by atoms with E-state index in [9.17, 15) is 38.2 Å². The molecule has 0 amide bonds. The second kappa shape index (κ2) is 14.9. The molecule has 46 heavy (non-hydrogen) atoms. The molecule has 256 valence electrons. The smallest absolute Gasteiger partial charge is 0.744 e. The van der Waals surface area contributed by atoms with Crippen molar-refractivity contribution in [1.82, 2.24) is 0 Å². The average Bonchev–Trinajstić information content (AvgIpc) is 2.83. The molecule has 2 rings (SSSR count). The van der Waals surface area contributed by atoms with Crippen molar-refractivity contribution in [3.63, 3.8) is 0 Å². The molecule has 0 heterocycles. The van der Waals surface area contributed by atoms with Crippen molar-refractivity contribution in [2.24, 2.45) is 16.2 Å². The predicted octanol–water partition coefficient (Wildman–Crippen LogP) is 2.82. The molecule has 0 atom stereocenters. The third-order valence-electron chi connectivity index (χ3n) is 5.33. The molecule has 0 fully saturated rings. The van der Waals surface area contributed by atoms with Gasteiger partial charge in [0.15, 0.2) is 0 Å². The van der Waals surface area contributed by atoms with Gasteiger partial charge in [0.2, 0.25) is 0 Å². The molecule has 0 bridgehead atoms. The molecule has 12 nitrogen and oxygen atoms in total. The van der Waals surface area contributed by atoms with Gasteiger partial charge in [0.05, 0.1) is 24.7 Å². The van der Waals surface area contributed by atoms with E-state index < -0.39 is 117 Å². The first-order valence-electron chi connectivity index (χ1n) is 13.2. The molecule has 0 aliphatic rings. The van der Waals surface area contributed by atoms with Crippen LogP contribution in [0.15, 0.2) is 43.8 Å². The molecule has 0 aliphatic carbocycles. The Labute approximate surface area is 304 Å². The standard InChI is InChI=1S/C27H38Cl2O12S4.Na/c1-25(2,3)14-39-43(33,34)20-11-17(28)10-19(42(30,31)32)23(20)24-21(44(35,36)40-15-26(4,5)6)12-18(29)13-22(24)45(37,38)41-16-27(7,8)9;/h10-13H,14-16H2,1-9H3,(H,30,31,32);/q;+1/p-1. The van der Waals surface area contributed by atoms with Crippen LogP contribution in [0.1, 0.15) is 62.3 Å². The number of halogens is 2. The van der Waals surface area contributed by atoms with Crippen LogP contribution in [-0.4, -0.2) is 58.0 Å². The minimum atomic E-state index is -5.69. The summed E-state index contributed by atoms with van der Waals surface area (Å²) in [6, 6.07) is 2.74. The van der Waals surface area contributed by atoms with Gasteiger partial charge >= 0.3 is 29.6 Å². The second-order valence-electron chi connectivity index (χ2n) is 13.8. The topological polar surface area (TPSA) is 187 Å². The average molecular weight is 776 g/mol. The Kier molecular flexibility index (Phi) is 14.1.